The van der Waals surface area contributed by atoms with Gasteiger partial charge in [0.1, 0.15) is 0 Å². The van der Waals surface area contributed by atoms with Gasteiger partial charge in [-0.2, -0.15) is 5.10 Å². The Labute approximate surface area is 92.0 Å². The van der Waals surface area contributed by atoms with Gasteiger partial charge in [0, 0.05) is 24.8 Å². The Kier molecular flexibility index (Phi) is 5.12. The van der Waals surface area contributed by atoms with Crippen LogP contribution in [0, 0.1) is 6.92 Å². The smallest absolute Gasteiger partial charge is 0.0638 e. The lowest BCUT2D eigenvalue weighted by molar-refractivity contribution is 0.543. The second kappa shape index (κ2) is 6.40. The van der Waals surface area contributed by atoms with Gasteiger partial charge in [-0.1, -0.05) is 12.5 Å². The molecule has 0 aliphatic carbocycles. The minimum atomic E-state index is 0.586. The van der Waals surface area contributed by atoms with Crippen molar-refractivity contribution in [3.8, 4) is 0 Å². The highest BCUT2D eigenvalue weighted by Crippen LogP contribution is 2.07. The van der Waals surface area contributed by atoms with E-state index >= 15 is 0 Å². The maximum absolute atomic E-state index is 5.59. The Hall–Kier alpha value is -1.09. The zero-order chi connectivity index (χ0) is 11.1. The first kappa shape index (κ1) is 12.0. The second-order valence-electron chi connectivity index (χ2n) is 3.84. The fourth-order valence-electron chi connectivity index (χ4n) is 1.61. The number of allylic oxidation sites excluding steroid dienone is 1. The fourth-order valence-corrected chi connectivity index (χ4v) is 1.61. The van der Waals surface area contributed by atoms with Crippen molar-refractivity contribution < 1.29 is 0 Å². The quantitative estimate of drug-likeness (QED) is 0.551. The monoisotopic (exact) mass is 207 g/mol. The van der Waals surface area contributed by atoms with Crippen LogP contribution in [0.2, 0.25) is 0 Å². The molecule has 0 spiro atoms. The highest BCUT2D eigenvalue weighted by Gasteiger charge is 2.01. The number of hydrogen-bond donors (Lipinski definition) is 1. The second-order valence-corrected chi connectivity index (χ2v) is 3.84. The molecule has 0 saturated carbocycles. The maximum atomic E-state index is 5.59. The van der Waals surface area contributed by atoms with Crippen molar-refractivity contribution in [2.45, 2.75) is 45.7 Å². The zero-order valence-corrected chi connectivity index (χ0v) is 9.58. The predicted molar refractivity (Wildman–Crippen MR) is 63.5 cm³/mol. The average molecular weight is 207 g/mol. The molecule has 0 aromatic carbocycles. The van der Waals surface area contributed by atoms with E-state index in [2.05, 4.69) is 17.9 Å². The summed E-state index contributed by atoms with van der Waals surface area (Å²) in [5.74, 6) is 0. The summed E-state index contributed by atoms with van der Waals surface area (Å²) in [5, 5.41) is 4.42. The van der Waals surface area contributed by atoms with Crippen molar-refractivity contribution in [1.29, 1.82) is 0 Å². The summed E-state index contributed by atoms with van der Waals surface area (Å²) >= 11 is 0. The van der Waals surface area contributed by atoms with Gasteiger partial charge in [0.2, 0.25) is 0 Å². The third-order valence-corrected chi connectivity index (χ3v) is 2.56. The highest BCUT2D eigenvalue weighted by atomic mass is 15.3. The van der Waals surface area contributed by atoms with Gasteiger partial charge in [0.15, 0.2) is 0 Å². The first-order valence-electron chi connectivity index (χ1n) is 5.62. The normalized spacial score (nSPS) is 10.5. The molecule has 0 aliphatic rings. The molecule has 3 heteroatoms. The Bertz CT molecular complexity index is 302. The molecule has 0 saturated heterocycles. The van der Waals surface area contributed by atoms with Crippen LogP contribution in [0.5, 0.6) is 0 Å². The summed E-state index contributed by atoms with van der Waals surface area (Å²) in [6.07, 6.45) is 8.80. The minimum absolute atomic E-state index is 0.586. The lowest BCUT2D eigenvalue weighted by Crippen LogP contribution is -1.98. The number of aryl methyl sites for hydroxylation is 2. The van der Waals surface area contributed by atoms with Gasteiger partial charge in [0.25, 0.3) is 0 Å². The van der Waals surface area contributed by atoms with E-state index in [1.165, 1.54) is 19.3 Å². The number of aromatic nitrogens is 2. The topological polar surface area (TPSA) is 43.8 Å². The van der Waals surface area contributed by atoms with Crippen LogP contribution < -0.4 is 5.73 Å². The molecule has 2 N–H and O–H groups in total. The maximum Gasteiger partial charge on any atom is 0.0638 e. The molecule has 0 amide bonds. The van der Waals surface area contributed by atoms with Crippen molar-refractivity contribution in [3.63, 3.8) is 0 Å². The molecule has 0 unspecified atom stereocenters. The Morgan fingerprint density at radius 1 is 1.47 bits per heavy atom. The van der Waals surface area contributed by atoms with E-state index in [1.807, 2.05) is 17.7 Å². The van der Waals surface area contributed by atoms with Gasteiger partial charge < -0.3 is 5.73 Å². The number of hydrogen-bond acceptors (Lipinski definition) is 2. The summed E-state index contributed by atoms with van der Waals surface area (Å²) in [4.78, 5) is 0. The van der Waals surface area contributed by atoms with Crippen LogP contribution in [0.3, 0.4) is 0 Å². The van der Waals surface area contributed by atoms with Crippen molar-refractivity contribution >= 4 is 0 Å². The van der Waals surface area contributed by atoms with Gasteiger partial charge in [-0.3, -0.25) is 4.68 Å². The third kappa shape index (κ3) is 3.88. The summed E-state index contributed by atoms with van der Waals surface area (Å²) in [6, 6.07) is 0. The zero-order valence-electron chi connectivity index (χ0n) is 9.58. The van der Waals surface area contributed by atoms with Crippen molar-refractivity contribution in [1.82, 2.24) is 9.78 Å². The van der Waals surface area contributed by atoms with Gasteiger partial charge in [0.05, 0.1) is 5.69 Å². The molecule has 1 aromatic rings. The first-order valence-corrected chi connectivity index (χ1v) is 5.62. The van der Waals surface area contributed by atoms with Crippen LogP contribution in [-0.4, -0.2) is 9.78 Å². The van der Waals surface area contributed by atoms with Gasteiger partial charge in [-0.05, 0) is 26.2 Å². The van der Waals surface area contributed by atoms with E-state index < -0.39 is 0 Å². The minimum Gasteiger partial charge on any atom is -0.326 e. The van der Waals surface area contributed by atoms with Gasteiger partial charge in [-0.25, -0.2) is 0 Å². The van der Waals surface area contributed by atoms with Crippen molar-refractivity contribution in [2.75, 3.05) is 0 Å². The van der Waals surface area contributed by atoms with E-state index in [-0.39, 0.29) is 0 Å². The van der Waals surface area contributed by atoms with E-state index in [0.29, 0.717) is 6.54 Å². The van der Waals surface area contributed by atoms with E-state index in [0.717, 1.165) is 24.2 Å². The van der Waals surface area contributed by atoms with Crippen molar-refractivity contribution in [2.24, 2.45) is 5.73 Å². The molecular weight excluding hydrogens is 186 g/mol. The number of unbranched alkanes of at least 4 members (excludes halogenated alkanes) is 3. The molecule has 0 atom stereocenters. The average Bonchev–Trinajstić information content (AvgIpc) is 2.59. The number of nitrogens with two attached hydrogens (primary N) is 1. The van der Waals surface area contributed by atoms with Gasteiger partial charge in [-0.15, -0.1) is 6.58 Å². The first-order chi connectivity index (χ1) is 7.27. The van der Waals surface area contributed by atoms with Crippen LogP contribution in [0.25, 0.3) is 0 Å². The molecule has 0 fully saturated rings. The van der Waals surface area contributed by atoms with E-state index in [9.17, 15) is 0 Å². The van der Waals surface area contributed by atoms with Crippen LogP contribution in [0.1, 0.15) is 36.9 Å². The van der Waals surface area contributed by atoms with Gasteiger partial charge >= 0.3 is 0 Å². The Morgan fingerprint density at radius 3 is 2.87 bits per heavy atom. The van der Waals surface area contributed by atoms with Crippen molar-refractivity contribution in [3.05, 3.63) is 30.1 Å². The molecule has 0 aliphatic heterocycles. The highest BCUT2D eigenvalue weighted by molar-refractivity contribution is 5.14. The van der Waals surface area contributed by atoms with E-state index in [4.69, 9.17) is 5.73 Å². The molecule has 3 nitrogen and oxygen atoms in total. The molecule has 1 rings (SSSR count). The lowest BCUT2D eigenvalue weighted by atomic mass is 10.2. The molecule has 84 valence electrons. The van der Waals surface area contributed by atoms with Crippen LogP contribution in [0.4, 0.5) is 0 Å². The molecule has 0 bridgehead atoms. The Balaban J connectivity index is 2.28. The lowest BCUT2D eigenvalue weighted by Gasteiger charge is -2.00. The Morgan fingerprint density at radius 2 is 2.27 bits per heavy atom. The summed E-state index contributed by atoms with van der Waals surface area (Å²) in [6.45, 7) is 7.30. The molecule has 1 heterocycles. The fraction of sp³-hybridized carbons (Fsp3) is 0.583. The summed E-state index contributed by atoms with van der Waals surface area (Å²) in [7, 11) is 0. The predicted octanol–water partition coefficient (Wildman–Crippen LogP) is 2.40. The van der Waals surface area contributed by atoms with Crippen LogP contribution in [0.15, 0.2) is 18.9 Å². The number of nitrogens with zero attached hydrogens (tertiary/aromatic N) is 2. The summed E-state index contributed by atoms with van der Waals surface area (Å²) in [5.41, 5.74) is 7.81. The van der Waals surface area contributed by atoms with Crippen LogP contribution in [-0.2, 0) is 13.1 Å². The standard InChI is InChI=1S/C12H21N3/c1-3-4-5-6-7-8-15-10-12(9-13)11(2)14-15/h3,10H,1,4-9,13H2,2H3. The SMILES string of the molecule is C=CCCCCCn1cc(CN)c(C)n1. The largest absolute Gasteiger partial charge is 0.326 e. The number of rotatable bonds is 7. The third-order valence-electron chi connectivity index (χ3n) is 2.56. The van der Waals surface area contributed by atoms with Crippen LogP contribution >= 0.6 is 0 Å². The summed E-state index contributed by atoms with van der Waals surface area (Å²) < 4.78 is 2.01. The van der Waals surface area contributed by atoms with E-state index in [1.54, 1.807) is 0 Å². The molecule has 1 aromatic heterocycles. The molecule has 15 heavy (non-hydrogen) atoms. The molecule has 0 radical (unpaired) electrons. The molecular formula is C12H21N3.